The second-order valence-electron chi connectivity index (χ2n) is 6.81. The predicted molar refractivity (Wildman–Crippen MR) is 115 cm³/mol. The van der Waals surface area contributed by atoms with Crippen molar-refractivity contribution < 1.29 is 9.53 Å². The van der Waals surface area contributed by atoms with Gasteiger partial charge in [0.05, 0.1) is 6.10 Å². The van der Waals surface area contributed by atoms with Gasteiger partial charge in [0.1, 0.15) is 0 Å². The first kappa shape index (κ1) is 24.4. The number of carbonyl (C=O) groups excluding carboxylic acids is 1. The molecule has 0 aromatic rings. The molecule has 0 radical (unpaired) electrons. The summed E-state index contributed by atoms with van der Waals surface area (Å²) < 4.78 is 5.79. The largest absolute Gasteiger partial charge is 0.378 e. The number of rotatable bonds is 8. The van der Waals surface area contributed by atoms with Crippen LogP contribution < -0.4 is 10.6 Å². The summed E-state index contributed by atoms with van der Waals surface area (Å²) in [4.78, 5) is 18.2. The second kappa shape index (κ2) is 13.6. The molecule has 1 saturated heterocycles. The number of likely N-dealkylation sites (tertiary alicyclic amines) is 1. The summed E-state index contributed by atoms with van der Waals surface area (Å²) in [6, 6.07) is 0. The average Bonchev–Trinajstić information content (AvgIpc) is 2.58. The van der Waals surface area contributed by atoms with Crippen LogP contribution in [0.4, 0.5) is 0 Å². The zero-order valence-electron chi connectivity index (χ0n) is 16.5. The van der Waals surface area contributed by atoms with Gasteiger partial charge in [0.15, 0.2) is 5.96 Å². The molecule has 0 spiro atoms. The molecular weight excluding hydrogens is 431 g/mol. The number of ether oxygens (including phenoxy) is 1. The fraction of sp³-hybridized carbons (Fsp3) is 0.889. The van der Waals surface area contributed by atoms with Crippen molar-refractivity contribution in [1.29, 1.82) is 0 Å². The van der Waals surface area contributed by atoms with Crippen LogP contribution in [0.1, 0.15) is 46.5 Å². The molecule has 1 amide bonds. The Labute approximate surface area is 170 Å². The number of hydrogen-bond donors (Lipinski definition) is 2. The van der Waals surface area contributed by atoms with E-state index < -0.39 is 0 Å². The molecule has 7 heteroatoms. The molecule has 0 saturated carbocycles. The van der Waals surface area contributed by atoms with E-state index in [1.54, 1.807) is 7.05 Å². The van der Waals surface area contributed by atoms with Crippen molar-refractivity contribution in [2.45, 2.75) is 52.6 Å². The molecule has 2 N–H and O–H groups in total. The molecule has 0 aliphatic carbocycles. The van der Waals surface area contributed by atoms with Crippen molar-refractivity contribution in [1.82, 2.24) is 15.5 Å². The molecule has 6 nitrogen and oxygen atoms in total. The third-order valence-electron chi connectivity index (χ3n) is 4.72. The van der Waals surface area contributed by atoms with E-state index in [-0.39, 0.29) is 29.9 Å². The fourth-order valence-corrected chi connectivity index (χ4v) is 3.19. The van der Waals surface area contributed by atoms with Crippen LogP contribution in [0.15, 0.2) is 4.99 Å². The molecule has 0 aromatic carbocycles. The summed E-state index contributed by atoms with van der Waals surface area (Å²) in [5.74, 6) is 2.12. The molecule has 25 heavy (non-hydrogen) atoms. The van der Waals surface area contributed by atoms with E-state index >= 15 is 0 Å². The normalized spacial score (nSPS) is 17.2. The molecule has 1 aliphatic heterocycles. The number of piperidine rings is 1. The van der Waals surface area contributed by atoms with Gasteiger partial charge in [0.2, 0.25) is 5.91 Å². The summed E-state index contributed by atoms with van der Waals surface area (Å²) in [6.45, 7) is 9.99. The minimum atomic E-state index is 0. The zero-order valence-corrected chi connectivity index (χ0v) is 18.8. The maximum Gasteiger partial charge on any atom is 0.220 e. The lowest BCUT2D eigenvalue weighted by Gasteiger charge is -2.34. The first-order valence-electron chi connectivity index (χ1n) is 9.29. The minimum Gasteiger partial charge on any atom is -0.378 e. The van der Waals surface area contributed by atoms with Crippen molar-refractivity contribution >= 4 is 35.8 Å². The third kappa shape index (κ3) is 9.08. The summed E-state index contributed by atoms with van der Waals surface area (Å²) >= 11 is 0. The first-order valence-corrected chi connectivity index (χ1v) is 9.29. The topological polar surface area (TPSA) is 66.0 Å². The van der Waals surface area contributed by atoms with Crippen molar-refractivity contribution in [3.63, 3.8) is 0 Å². The zero-order chi connectivity index (χ0) is 17.9. The monoisotopic (exact) mass is 468 g/mol. The molecule has 0 bridgehead atoms. The average molecular weight is 468 g/mol. The standard InChI is InChI=1S/C18H36N4O2.HI/c1-6-24-16(14(2)3)7-10-21-18(20-5)22-11-8-15(9-12-22)13-17(23)19-4;/h14-16H,6-13H2,1-5H3,(H,19,23)(H,20,21);1H. The van der Waals surface area contributed by atoms with E-state index in [2.05, 4.69) is 34.4 Å². The number of carbonyl (C=O) groups is 1. The van der Waals surface area contributed by atoms with E-state index in [4.69, 9.17) is 4.74 Å². The van der Waals surface area contributed by atoms with Gasteiger partial charge < -0.3 is 20.3 Å². The Hall–Kier alpha value is -0.570. The highest BCUT2D eigenvalue weighted by Crippen LogP contribution is 2.20. The highest BCUT2D eigenvalue weighted by Gasteiger charge is 2.23. The second-order valence-corrected chi connectivity index (χ2v) is 6.81. The highest BCUT2D eigenvalue weighted by molar-refractivity contribution is 14.0. The maximum absolute atomic E-state index is 11.5. The van der Waals surface area contributed by atoms with Crippen molar-refractivity contribution in [3.8, 4) is 0 Å². The lowest BCUT2D eigenvalue weighted by Crippen LogP contribution is -2.46. The number of guanidine groups is 1. The van der Waals surface area contributed by atoms with Gasteiger partial charge in [-0.3, -0.25) is 9.79 Å². The molecule has 1 unspecified atom stereocenters. The summed E-state index contributed by atoms with van der Waals surface area (Å²) in [6.07, 6.45) is 4.00. The van der Waals surface area contributed by atoms with Gasteiger partial charge >= 0.3 is 0 Å². The summed E-state index contributed by atoms with van der Waals surface area (Å²) in [5, 5.41) is 6.18. The molecule has 1 atom stereocenters. The van der Waals surface area contributed by atoms with Crippen LogP contribution >= 0.6 is 24.0 Å². The van der Waals surface area contributed by atoms with Gasteiger partial charge in [0.25, 0.3) is 0 Å². The molecular formula is C18H37IN4O2. The first-order chi connectivity index (χ1) is 11.5. The van der Waals surface area contributed by atoms with Gasteiger partial charge in [-0.1, -0.05) is 13.8 Å². The van der Waals surface area contributed by atoms with Crippen LogP contribution in [-0.2, 0) is 9.53 Å². The van der Waals surface area contributed by atoms with E-state index in [0.717, 1.165) is 51.5 Å². The van der Waals surface area contributed by atoms with Crippen LogP contribution in [0, 0.1) is 11.8 Å². The summed E-state index contributed by atoms with van der Waals surface area (Å²) in [5.41, 5.74) is 0. The Balaban J connectivity index is 0.00000576. The summed E-state index contributed by atoms with van der Waals surface area (Å²) in [7, 11) is 3.54. The van der Waals surface area contributed by atoms with Gasteiger partial charge in [-0.2, -0.15) is 0 Å². The van der Waals surface area contributed by atoms with E-state index in [9.17, 15) is 4.79 Å². The van der Waals surface area contributed by atoms with Crippen molar-refractivity contribution in [2.75, 3.05) is 40.3 Å². The Kier molecular flexibility index (Phi) is 13.3. The van der Waals surface area contributed by atoms with Crippen LogP contribution in [0.25, 0.3) is 0 Å². The number of amides is 1. The minimum absolute atomic E-state index is 0. The smallest absolute Gasteiger partial charge is 0.220 e. The Morgan fingerprint density at radius 1 is 1.32 bits per heavy atom. The highest BCUT2D eigenvalue weighted by atomic mass is 127. The Morgan fingerprint density at radius 2 is 1.96 bits per heavy atom. The molecule has 1 fully saturated rings. The predicted octanol–water partition coefficient (Wildman–Crippen LogP) is 2.48. The van der Waals surface area contributed by atoms with Gasteiger partial charge in [0, 0.05) is 46.8 Å². The third-order valence-corrected chi connectivity index (χ3v) is 4.72. The maximum atomic E-state index is 11.5. The number of aliphatic imine (C=N–C) groups is 1. The van der Waals surface area contributed by atoms with Gasteiger partial charge in [-0.05, 0) is 38.0 Å². The van der Waals surface area contributed by atoms with Gasteiger partial charge in [-0.15, -0.1) is 24.0 Å². The van der Waals surface area contributed by atoms with Crippen LogP contribution in [-0.4, -0.2) is 63.2 Å². The Morgan fingerprint density at radius 3 is 2.44 bits per heavy atom. The van der Waals surface area contributed by atoms with Crippen LogP contribution in [0.2, 0.25) is 0 Å². The molecule has 0 aromatic heterocycles. The number of hydrogen-bond acceptors (Lipinski definition) is 3. The number of nitrogens with one attached hydrogen (secondary N) is 2. The quantitative estimate of drug-likeness (QED) is 0.327. The molecule has 1 rings (SSSR count). The van der Waals surface area contributed by atoms with Crippen LogP contribution in [0.5, 0.6) is 0 Å². The number of halogens is 1. The van der Waals surface area contributed by atoms with E-state index in [0.29, 0.717) is 24.4 Å². The lowest BCUT2D eigenvalue weighted by molar-refractivity contribution is -0.121. The molecule has 148 valence electrons. The fourth-order valence-electron chi connectivity index (χ4n) is 3.19. The lowest BCUT2D eigenvalue weighted by atomic mass is 9.93. The number of nitrogens with zero attached hydrogens (tertiary/aromatic N) is 2. The van der Waals surface area contributed by atoms with Gasteiger partial charge in [-0.25, -0.2) is 0 Å². The molecule has 1 aliphatic rings. The Bertz CT molecular complexity index is 397. The van der Waals surface area contributed by atoms with Crippen molar-refractivity contribution in [2.24, 2.45) is 16.8 Å². The SMILES string of the molecule is CCOC(CCNC(=NC)N1CCC(CC(=O)NC)CC1)C(C)C.I. The van der Waals surface area contributed by atoms with Crippen molar-refractivity contribution in [3.05, 3.63) is 0 Å². The van der Waals surface area contributed by atoms with Crippen LogP contribution in [0.3, 0.4) is 0 Å². The van der Waals surface area contributed by atoms with E-state index in [1.807, 2.05) is 14.0 Å². The van der Waals surface area contributed by atoms with E-state index in [1.165, 1.54) is 0 Å². The molecule has 1 heterocycles.